The van der Waals surface area contributed by atoms with E-state index in [2.05, 4.69) is 19.2 Å². The summed E-state index contributed by atoms with van der Waals surface area (Å²) in [6, 6.07) is 0.706. The average molecular weight is 211 g/mol. The van der Waals surface area contributed by atoms with Crippen molar-refractivity contribution in [3.63, 3.8) is 0 Å². The second kappa shape index (κ2) is 4.84. The molecule has 2 fully saturated rings. The van der Waals surface area contributed by atoms with Gasteiger partial charge in [-0.15, -0.1) is 0 Å². The third-order valence-electron chi connectivity index (χ3n) is 4.15. The maximum atomic E-state index is 5.40. The van der Waals surface area contributed by atoms with Crippen LogP contribution in [0.2, 0.25) is 0 Å². The molecule has 2 aliphatic rings. The van der Waals surface area contributed by atoms with Crippen molar-refractivity contribution < 1.29 is 4.74 Å². The van der Waals surface area contributed by atoms with Gasteiger partial charge in [0.15, 0.2) is 0 Å². The van der Waals surface area contributed by atoms with Crippen molar-refractivity contribution in [2.24, 2.45) is 5.92 Å². The van der Waals surface area contributed by atoms with Gasteiger partial charge < -0.3 is 10.1 Å². The first-order valence-electron chi connectivity index (χ1n) is 6.53. The Hall–Kier alpha value is -0.0800. The molecule has 0 spiro atoms. The van der Waals surface area contributed by atoms with Crippen molar-refractivity contribution >= 4 is 0 Å². The molecular weight excluding hydrogens is 186 g/mol. The van der Waals surface area contributed by atoms with Crippen LogP contribution < -0.4 is 5.32 Å². The summed E-state index contributed by atoms with van der Waals surface area (Å²) in [5.74, 6) is 0.939. The fourth-order valence-corrected chi connectivity index (χ4v) is 2.88. The van der Waals surface area contributed by atoms with E-state index in [-0.39, 0.29) is 0 Å². The van der Waals surface area contributed by atoms with E-state index in [1.807, 2.05) is 0 Å². The van der Waals surface area contributed by atoms with Gasteiger partial charge in [-0.2, -0.15) is 0 Å². The van der Waals surface area contributed by atoms with Gasteiger partial charge in [-0.25, -0.2) is 0 Å². The highest BCUT2D eigenvalue weighted by atomic mass is 16.5. The Kier molecular flexibility index (Phi) is 3.68. The zero-order chi connectivity index (χ0) is 10.7. The van der Waals surface area contributed by atoms with Crippen LogP contribution in [-0.2, 0) is 4.74 Å². The van der Waals surface area contributed by atoms with Crippen LogP contribution in [0.3, 0.4) is 0 Å². The van der Waals surface area contributed by atoms with Gasteiger partial charge in [0, 0.05) is 24.8 Å². The van der Waals surface area contributed by atoms with E-state index in [0.29, 0.717) is 11.6 Å². The molecule has 0 aromatic carbocycles. The van der Waals surface area contributed by atoms with Gasteiger partial charge in [0.25, 0.3) is 0 Å². The maximum Gasteiger partial charge on any atom is 0.0480 e. The third kappa shape index (κ3) is 3.18. The fraction of sp³-hybridized carbons (Fsp3) is 1.00. The molecule has 2 nitrogen and oxygen atoms in total. The highest BCUT2D eigenvalue weighted by Crippen LogP contribution is 2.32. The van der Waals surface area contributed by atoms with Crippen LogP contribution in [-0.4, -0.2) is 24.8 Å². The van der Waals surface area contributed by atoms with E-state index in [9.17, 15) is 0 Å². The summed E-state index contributed by atoms with van der Waals surface area (Å²) in [4.78, 5) is 0. The minimum Gasteiger partial charge on any atom is -0.381 e. The van der Waals surface area contributed by atoms with E-state index >= 15 is 0 Å². The molecule has 1 saturated heterocycles. The molecule has 0 aromatic rings. The normalized spacial score (nSPS) is 39.2. The van der Waals surface area contributed by atoms with Crippen molar-refractivity contribution in [1.29, 1.82) is 0 Å². The highest BCUT2D eigenvalue weighted by Gasteiger charge is 2.31. The smallest absolute Gasteiger partial charge is 0.0480 e. The van der Waals surface area contributed by atoms with Crippen LogP contribution in [0, 0.1) is 5.92 Å². The summed E-state index contributed by atoms with van der Waals surface area (Å²) in [5, 5.41) is 3.87. The predicted octanol–water partition coefficient (Wildman–Crippen LogP) is 2.72. The molecular formula is C13H25NO. The Morgan fingerprint density at radius 1 is 1.07 bits per heavy atom. The summed E-state index contributed by atoms with van der Waals surface area (Å²) < 4.78 is 5.40. The minimum absolute atomic E-state index is 0.411. The lowest BCUT2D eigenvalue weighted by molar-refractivity contribution is 0.0626. The van der Waals surface area contributed by atoms with Crippen LogP contribution in [0.5, 0.6) is 0 Å². The van der Waals surface area contributed by atoms with Gasteiger partial charge in [-0.05, 0) is 51.4 Å². The van der Waals surface area contributed by atoms with Crippen molar-refractivity contribution in [3.05, 3.63) is 0 Å². The number of nitrogens with one attached hydrogen (secondary N) is 1. The fourth-order valence-electron chi connectivity index (χ4n) is 2.88. The van der Waals surface area contributed by atoms with Gasteiger partial charge in [0.1, 0.15) is 0 Å². The summed E-state index contributed by atoms with van der Waals surface area (Å²) in [7, 11) is 0. The van der Waals surface area contributed by atoms with Gasteiger partial charge >= 0.3 is 0 Å². The van der Waals surface area contributed by atoms with Crippen molar-refractivity contribution in [3.8, 4) is 0 Å². The molecule has 1 heterocycles. The highest BCUT2D eigenvalue weighted by molar-refractivity contribution is 4.91. The molecule has 0 amide bonds. The second-order valence-corrected chi connectivity index (χ2v) is 5.77. The van der Waals surface area contributed by atoms with Crippen LogP contribution in [0.4, 0.5) is 0 Å². The molecule has 15 heavy (non-hydrogen) atoms. The molecule has 0 aromatic heterocycles. The topological polar surface area (TPSA) is 21.3 Å². The van der Waals surface area contributed by atoms with Gasteiger partial charge in [0.2, 0.25) is 0 Å². The van der Waals surface area contributed by atoms with Crippen LogP contribution in [0.1, 0.15) is 52.4 Å². The van der Waals surface area contributed by atoms with Crippen molar-refractivity contribution in [1.82, 2.24) is 5.32 Å². The van der Waals surface area contributed by atoms with Crippen molar-refractivity contribution in [2.75, 3.05) is 13.2 Å². The number of ether oxygens (including phenoxy) is 1. The minimum atomic E-state index is 0.411. The van der Waals surface area contributed by atoms with Crippen LogP contribution in [0.15, 0.2) is 0 Å². The summed E-state index contributed by atoms with van der Waals surface area (Å²) in [5.41, 5.74) is 0.411. The molecule has 2 rings (SSSR count). The summed E-state index contributed by atoms with van der Waals surface area (Å²) >= 11 is 0. The lowest BCUT2D eigenvalue weighted by Crippen LogP contribution is -2.51. The zero-order valence-corrected chi connectivity index (χ0v) is 10.2. The van der Waals surface area contributed by atoms with Crippen molar-refractivity contribution in [2.45, 2.75) is 64.0 Å². The van der Waals surface area contributed by atoms with Gasteiger partial charge in [-0.1, -0.05) is 6.92 Å². The predicted molar refractivity (Wildman–Crippen MR) is 63.0 cm³/mol. The quantitative estimate of drug-likeness (QED) is 0.758. The molecule has 2 heteroatoms. The standard InChI is InChI=1S/C13H25NO/c1-11-3-7-13(2,8-4-11)14-12-5-9-15-10-6-12/h11-12,14H,3-10H2,1-2H3. The van der Waals surface area contributed by atoms with E-state index < -0.39 is 0 Å². The molecule has 0 atom stereocenters. The Morgan fingerprint density at radius 3 is 2.27 bits per heavy atom. The van der Waals surface area contributed by atoms with Crippen LogP contribution >= 0.6 is 0 Å². The van der Waals surface area contributed by atoms with Gasteiger partial charge in [-0.3, -0.25) is 0 Å². The Bertz CT molecular complexity index is 191. The van der Waals surface area contributed by atoms with Crippen LogP contribution in [0.25, 0.3) is 0 Å². The first-order valence-corrected chi connectivity index (χ1v) is 6.53. The first-order chi connectivity index (χ1) is 7.18. The molecule has 1 aliphatic carbocycles. The lowest BCUT2D eigenvalue weighted by atomic mass is 9.77. The molecule has 1 saturated carbocycles. The average Bonchev–Trinajstić information content (AvgIpc) is 2.24. The molecule has 88 valence electrons. The molecule has 0 unspecified atom stereocenters. The van der Waals surface area contributed by atoms with E-state index in [1.165, 1.54) is 38.5 Å². The van der Waals surface area contributed by atoms with E-state index in [4.69, 9.17) is 4.74 Å². The Labute approximate surface area is 93.8 Å². The van der Waals surface area contributed by atoms with Gasteiger partial charge in [0.05, 0.1) is 0 Å². The largest absolute Gasteiger partial charge is 0.381 e. The number of hydrogen-bond donors (Lipinski definition) is 1. The maximum absolute atomic E-state index is 5.40. The monoisotopic (exact) mass is 211 g/mol. The van der Waals surface area contributed by atoms with E-state index in [1.54, 1.807) is 0 Å². The Balaban J connectivity index is 1.81. The summed E-state index contributed by atoms with van der Waals surface area (Å²) in [6.07, 6.45) is 7.90. The number of rotatable bonds is 2. The molecule has 1 aliphatic heterocycles. The molecule has 0 radical (unpaired) electrons. The molecule has 1 N–H and O–H groups in total. The summed E-state index contributed by atoms with van der Waals surface area (Å²) in [6.45, 7) is 6.69. The first kappa shape index (κ1) is 11.4. The molecule has 0 bridgehead atoms. The Morgan fingerprint density at radius 2 is 1.67 bits per heavy atom. The zero-order valence-electron chi connectivity index (χ0n) is 10.2. The van der Waals surface area contributed by atoms with E-state index in [0.717, 1.165) is 19.1 Å². The third-order valence-corrected chi connectivity index (χ3v) is 4.15. The SMILES string of the molecule is CC1CCC(C)(NC2CCOCC2)CC1. The second-order valence-electron chi connectivity index (χ2n) is 5.77. The lowest BCUT2D eigenvalue weighted by Gasteiger charge is -2.41. The number of hydrogen-bond acceptors (Lipinski definition) is 2.